The van der Waals surface area contributed by atoms with Gasteiger partial charge in [-0.15, -0.1) is 0 Å². The van der Waals surface area contributed by atoms with Crippen LogP contribution in [0.25, 0.3) is 44.6 Å². The van der Waals surface area contributed by atoms with Crippen molar-refractivity contribution < 1.29 is 0 Å². The summed E-state index contributed by atoms with van der Waals surface area (Å²) >= 11 is 0. The lowest BCUT2D eigenvalue weighted by molar-refractivity contribution is 0.336. The van der Waals surface area contributed by atoms with E-state index in [0.29, 0.717) is 11.9 Å². The third-order valence-electron chi connectivity index (χ3n) is 6.66. The zero-order valence-corrected chi connectivity index (χ0v) is 18.6. The van der Waals surface area contributed by atoms with Crippen LogP contribution in [0.4, 0.5) is 5.82 Å². The zero-order valence-electron chi connectivity index (χ0n) is 18.6. The van der Waals surface area contributed by atoms with Gasteiger partial charge in [0, 0.05) is 17.1 Å². The summed E-state index contributed by atoms with van der Waals surface area (Å²) in [6, 6.07) is 14.6. The first-order chi connectivity index (χ1) is 16.2. The maximum Gasteiger partial charge on any atom is 0.164 e. The highest BCUT2D eigenvalue weighted by atomic mass is 15.3. The molecule has 1 saturated carbocycles. The maximum absolute atomic E-state index is 6.35. The second-order valence-corrected chi connectivity index (χ2v) is 8.81. The Kier molecular flexibility index (Phi) is 4.75. The fraction of sp³-hybridized carbons (Fsp3) is 0.269. The van der Waals surface area contributed by atoms with Crippen LogP contribution in [0.1, 0.15) is 43.7 Å². The fourth-order valence-corrected chi connectivity index (χ4v) is 4.97. The minimum atomic E-state index is 0.348. The Hall–Kier alpha value is -3.87. The van der Waals surface area contributed by atoms with Gasteiger partial charge in [0.1, 0.15) is 17.8 Å². The van der Waals surface area contributed by atoms with Crippen molar-refractivity contribution in [1.82, 2.24) is 29.7 Å². The Morgan fingerprint density at radius 1 is 0.939 bits per heavy atom. The number of nitrogens with two attached hydrogens (primary N) is 1. The first-order valence-corrected chi connectivity index (χ1v) is 11.5. The summed E-state index contributed by atoms with van der Waals surface area (Å²) in [6.07, 6.45) is 9.29. The molecule has 7 nitrogen and oxygen atoms in total. The van der Waals surface area contributed by atoms with Crippen LogP contribution in [0, 0.1) is 6.92 Å². The van der Waals surface area contributed by atoms with Crippen LogP contribution in [-0.4, -0.2) is 29.7 Å². The number of benzene rings is 1. The fourth-order valence-electron chi connectivity index (χ4n) is 4.97. The van der Waals surface area contributed by atoms with Gasteiger partial charge in [-0.3, -0.25) is 4.98 Å². The van der Waals surface area contributed by atoms with Crippen LogP contribution in [0.15, 0.2) is 55.0 Å². The number of pyridine rings is 2. The number of rotatable bonds is 3. The Balaban J connectivity index is 1.53. The quantitative estimate of drug-likeness (QED) is 0.402. The van der Waals surface area contributed by atoms with Crippen molar-refractivity contribution in [3.63, 3.8) is 0 Å². The Morgan fingerprint density at radius 3 is 2.64 bits per heavy atom. The van der Waals surface area contributed by atoms with Crippen molar-refractivity contribution in [2.75, 3.05) is 5.73 Å². The van der Waals surface area contributed by atoms with E-state index < -0.39 is 0 Å². The Morgan fingerprint density at radius 2 is 1.82 bits per heavy atom. The summed E-state index contributed by atoms with van der Waals surface area (Å²) in [5, 5.41) is 6.98. The van der Waals surface area contributed by atoms with Gasteiger partial charge in [0.05, 0.1) is 28.3 Å². The molecule has 7 heteroatoms. The van der Waals surface area contributed by atoms with E-state index in [-0.39, 0.29) is 0 Å². The summed E-state index contributed by atoms with van der Waals surface area (Å²) in [4.78, 5) is 18.3. The Bertz CT molecular complexity index is 1470. The third kappa shape index (κ3) is 3.40. The first-order valence-electron chi connectivity index (χ1n) is 11.5. The average Bonchev–Trinajstić information content (AvgIpc) is 3.26. The van der Waals surface area contributed by atoms with Crippen LogP contribution < -0.4 is 5.73 Å². The Labute approximate surface area is 191 Å². The molecule has 2 N–H and O–H groups in total. The molecule has 0 atom stereocenters. The summed E-state index contributed by atoms with van der Waals surface area (Å²) in [5.74, 6) is 0.462. The molecule has 6 rings (SSSR count). The molecule has 1 fully saturated rings. The second kappa shape index (κ2) is 7.92. The molecule has 1 aromatic carbocycles. The molecular weight excluding hydrogens is 410 g/mol. The van der Waals surface area contributed by atoms with Crippen molar-refractivity contribution in [2.24, 2.45) is 0 Å². The predicted octanol–water partition coefficient (Wildman–Crippen LogP) is 5.50. The van der Waals surface area contributed by atoms with E-state index >= 15 is 0 Å². The van der Waals surface area contributed by atoms with Gasteiger partial charge >= 0.3 is 0 Å². The highest BCUT2D eigenvalue weighted by molar-refractivity contribution is 6.00. The van der Waals surface area contributed by atoms with Gasteiger partial charge in [-0.1, -0.05) is 37.5 Å². The summed E-state index contributed by atoms with van der Waals surface area (Å²) < 4.78 is 2.08. The lowest BCUT2D eigenvalue weighted by Crippen LogP contribution is -2.14. The molecule has 1 aliphatic rings. The SMILES string of the molecule is Cc1cc(-c2ccccn2)nc2cc(-c3nn(C4CCCCC4)c4ncnc(N)c34)ccc12. The maximum atomic E-state index is 6.35. The van der Waals surface area contributed by atoms with Crippen molar-refractivity contribution in [3.8, 4) is 22.6 Å². The predicted molar refractivity (Wildman–Crippen MR) is 131 cm³/mol. The molecule has 0 unspecified atom stereocenters. The molecule has 5 aromatic rings. The van der Waals surface area contributed by atoms with Crippen molar-refractivity contribution in [1.29, 1.82) is 0 Å². The van der Waals surface area contributed by atoms with E-state index in [2.05, 4.69) is 50.8 Å². The number of nitrogens with zero attached hydrogens (tertiary/aromatic N) is 6. The van der Waals surface area contributed by atoms with E-state index in [1.807, 2.05) is 18.2 Å². The highest BCUT2D eigenvalue weighted by Crippen LogP contribution is 2.37. The standard InChI is InChI=1S/C26H25N7/c1-16-13-22(20-9-5-6-12-28-20)31-21-14-17(10-11-19(16)21)24-23-25(27)29-15-30-26(23)33(32-24)18-7-3-2-4-8-18/h5-6,9-15,18H,2-4,7-8H2,1H3,(H2,27,29,30). The third-order valence-corrected chi connectivity index (χ3v) is 6.66. The minimum Gasteiger partial charge on any atom is -0.383 e. The molecule has 4 aromatic heterocycles. The largest absolute Gasteiger partial charge is 0.383 e. The van der Waals surface area contributed by atoms with Crippen LogP contribution >= 0.6 is 0 Å². The molecule has 0 radical (unpaired) electrons. The number of hydrogen-bond donors (Lipinski definition) is 1. The van der Waals surface area contributed by atoms with Crippen molar-refractivity contribution >= 4 is 27.8 Å². The lowest BCUT2D eigenvalue weighted by atomic mass is 9.96. The van der Waals surface area contributed by atoms with E-state index in [0.717, 1.165) is 63.0 Å². The molecule has 0 bridgehead atoms. The molecular formula is C26H25N7. The van der Waals surface area contributed by atoms with Crippen molar-refractivity contribution in [2.45, 2.75) is 45.1 Å². The summed E-state index contributed by atoms with van der Waals surface area (Å²) in [5.41, 5.74) is 12.7. The monoisotopic (exact) mass is 435 g/mol. The average molecular weight is 436 g/mol. The molecule has 4 heterocycles. The molecule has 0 saturated heterocycles. The summed E-state index contributed by atoms with van der Waals surface area (Å²) in [7, 11) is 0. The number of aryl methyl sites for hydroxylation is 1. The molecule has 33 heavy (non-hydrogen) atoms. The van der Waals surface area contributed by atoms with Gasteiger partial charge in [0.15, 0.2) is 5.65 Å². The van der Waals surface area contributed by atoms with Crippen molar-refractivity contribution in [3.05, 3.63) is 60.6 Å². The van der Waals surface area contributed by atoms with Gasteiger partial charge in [0.25, 0.3) is 0 Å². The molecule has 164 valence electrons. The second-order valence-electron chi connectivity index (χ2n) is 8.81. The van der Waals surface area contributed by atoms with Crippen LogP contribution in [0.5, 0.6) is 0 Å². The van der Waals surface area contributed by atoms with Gasteiger partial charge in [0.2, 0.25) is 0 Å². The topological polar surface area (TPSA) is 95.4 Å². The van der Waals surface area contributed by atoms with E-state index in [1.54, 1.807) is 6.20 Å². The molecule has 1 aliphatic carbocycles. The van der Waals surface area contributed by atoms with Gasteiger partial charge in [-0.25, -0.2) is 19.6 Å². The van der Waals surface area contributed by atoms with Gasteiger partial charge < -0.3 is 5.73 Å². The number of aromatic nitrogens is 6. The number of hydrogen-bond acceptors (Lipinski definition) is 6. The lowest BCUT2D eigenvalue weighted by Gasteiger charge is -2.22. The molecule has 0 aliphatic heterocycles. The number of fused-ring (bicyclic) bond motifs is 2. The normalized spacial score (nSPS) is 14.8. The van der Waals surface area contributed by atoms with Gasteiger partial charge in [-0.2, -0.15) is 5.10 Å². The van der Waals surface area contributed by atoms with E-state index in [9.17, 15) is 0 Å². The highest BCUT2D eigenvalue weighted by Gasteiger charge is 2.24. The number of anilines is 1. The van der Waals surface area contributed by atoms with Crippen LogP contribution in [0.3, 0.4) is 0 Å². The van der Waals surface area contributed by atoms with Crippen LogP contribution in [0.2, 0.25) is 0 Å². The number of nitrogen functional groups attached to an aromatic ring is 1. The molecule has 0 amide bonds. The summed E-state index contributed by atoms with van der Waals surface area (Å²) in [6.45, 7) is 2.11. The first kappa shape index (κ1) is 19.8. The minimum absolute atomic E-state index is 0.348. The smallest absolute Gasteiger partial charge is 0.164 e. The van der Waals surface area contributed by atoms with E-state index in [1.165, 1.54) is 25.6 Å². The molecule has 0 spiro atoms. The zero-order chi connectivity index (χ0) is 22.4. The van der Waals surface area contributed by atoms with Gasteiger partial charge in [-0.05, 0) is 49.6 Å². The van der Waals surface area contributed by atoms with E-state index in [4.69, 9.17) is 15.8 Å². The van der Waals surface area contributed by atoms with Crippen LogP contribution in [-0.2, 0) is 0 Å².